The Morgan fingerprint density at radius 3 is 2.30 bits per heavy atom. The van der Waals surface area contributed by atoms with Crippen LogP contribution in [0, 0.1) is 0 Å². The Labute approximate surface area is 118 Å². The third-order valence-electron chi connectivity index (χ3n) is 2.48. The maximum absolute atomic E-state index is 12.6. The Bertz CT molecular complexity index is 596. The van der Waals surface area contributed by atoms with E-state index in [0.717, 1.165) is 17.0 Å². The number of hydrogen-bond acceptors (Lipinski definition) is 2. The van der Waals surface area contributed by atoms with Crippen molar-refractivity contribution in [3.05, 3.63) is 54.1 Å². The minimum absolute atomic E-state index is 0.510. The summed E-state index contributed by atoms with van der Waals surface area (Å²) in [5, 5.41) is 2.49. The zero-order valence-electron chi connectivity index (χ0n) is 10.1. The van der Waals surface area contributed by atoms with E-state index in [1.807, 2.05) is 0 Å². The predicted octanol–water partition coefficient (Wildman–Crippen LogP) is 4.42. The van der Waals surface area contributed by atoms with Crippen LogP contribution in [-0.2, 0) is 11.0 Å². The Kier molecular flexibility index (Phi) is 4.34. The van der Waals surface area contributed by atoms with Crippen molar-refractivity contribution in [3.63, 3.8) is 0 Å². The molecule has 0 heterocycles. The molecule has 104 valence electrons. The van der Waals surface area contributed by atoms with E-state index in [0.29, 0.717) is 17.0 Å². The summed E-state index contributed by atoms with van der Waals surface area (Å²) in [6.07, 6.45) is -3.77. The number of anilines is 1. The van der Waals surface area contributed by atoms with E-state index < -0.39 is 11.7 Å². The molecule has 6 heteroatoms. The van der Waals surface area contributed by atoms with Gasteiger partial charge in [0.25, 0.3) is 0 Å². The summed E-state index contributed by atoms with van der Waals surface area (Å²) in [7, 11) is 0. The molecule has 20 heavy (non-hydrogen) atoms. The Balaban J connectivity index is 2.15. The van der Waals surface area contributed by atoms with E-state index in [-0.39, 0.29) is 0 Å². The van der Waals surface area contributed by atoms with Crippen molar-refractivity contribution in [2.24, 2.45) is 0 Å². The lowest BCUT2D eigenvalue weighted by Gasteiger charge is -2.08. The van der Waals surface area contributed by atoms with Crippen molar-refractivity contribution in [3.8, 4) is 0 Å². The molecule has 0 aromatic heterocycles. The van der Waals surface area contributed by atoms with Crippen molar-refractivity contribution >= 4 is 23.9 Å². The lowest BCUT2D eigenvalue weighted by Crippen LogP contribution is -2.04. The van der Waals surface area contributed by atoms with Crippen LogP contribution in [-0.4, -0.2) is 6.41 Å². The first kappa shape index (κ1) is 14.5. The molecular weight excluding hydrogens is 287 g/mol. The second-order valence-corrected chi connectivity index (χ2v) is 5.06. The lowest BCUT2D eigenvalue weighted by molar-refractivity contribution is -0.137. The van der Waals surface area contributed by atoms with Crippen LogP contribution in [0.3, 0.4) is 0 Å². The highest BCUT2D eigenvalue weighted by Crippen LogP contribution is 2.34. The van der Waals surface area contributed by atoms with Gasteiger partial charge in [0.2, 0.25) is 6.41 Å². The monoisotopic (exact) mass is 297 g/mol. The largest absolute Gasteiger partial charge is 0.416 e. The smallest absolute Gasteiger partial charge is 0.329 e. The fourth-order valence-electron chi connectivity index (χ4n) is 1.56. The van der Waals surface area contributed by atoms with Crippen LogP contribution in [0.15, 0.2) is 58.3 Å². The highest BCUT2D eigenvalue weighted by molar-refractivity contribution is 7.99. The SMILES string of the molecule is O=CNc1ccc(Sc2cccc(C(F)(F)F)c2)cc1. The van der Waals surface area contributed by atoms with E-state index in [4.69, 9.17) is 0 Å². The first-order chi connectivity index (χ1) is 9.49. The third kappa shape index (κ3) is 3.77. The van der Waals surface area contributed by atoms with Gasteiger partial charge in [0.1, 0.15) is 0 Å². The quantitative estimate of drug-likeness (QED) is 0.846. The highest BCUT2D eigenvalue weighted by Gasteiger charge is 2.30. The Morgan fingerprint density at radius 2 is 1.70 bits per heavy atom. The van der Waals surface area contributed by atoms with E-state index in [1.165, 1.54) is 17.8 Å². The number of carbonyl (C=O) groups is 1. The molecule has 0 aliphatic heterocycles. The van der Waals surface area contributed by atoms with Crippen LogP contribution in [0.1, 0.15) is 5.56 Å². The average molecular weight is 297 g/mol. The van der Waals surface area contributed by atoms with Gasteiger partial charge in [-0.15, -0.1) is 0 Å². The summed E-state index contributed by atoms with van der Waals surface area (Å²) >= 11 is 1.23. The van der Waals surface area contributed by atoms with Gasteiger partial charge in [-0.1, -0.05) is 17.8 Å². The molecule has 0 aliphatic carbocycles. The first-order valence-corrected chi connectivity index (χ1v) is 6.46. The molecule has 0 bridgehead atoms. The van der Waals surface area contributed by atoms with Gasteiger partial charge in [0.15, 0.2) is 0 Å². The number of halogens is 3. The molecule has 1 amide bonds. The summed E-state index contributed by atoms with van der Waals surface area (Å²) in [6.45, 7) is 0. The van der Waals surface area contributed by atoms with Gasteiger partial charge in [0, 0.05) is 15.5 Å². The highest BCUT2D eigenvalue weighted by atomic mass is 32.2. The van der Waals surface area contributed by atoms with Gasteiger partial charge in [0.05, 0.1) is 5.56 Å². The maximum atomic E-state index is 12.6. The fourth-order valence-corrected chi connectivity index (χ4v) is 2.44. The van der Waals surface area contributed by atoms with Crippen molar-refractivity contribution < 1.29 is 18.0 Å². The second-order valence-electron chi connectivity index (χ2n) is 3.91. The molecule has 2 aromatic carbocycles. The molecule has 0 spiro atoms. The number of carbonyl (C=O) groups excluding carboxylic acids is 1. The normalized spacial score (nSPS) is 11.2. The molecule has 2 aromatic rings. The maximum Gasteiger partial charge on any atom is 0.416 e. The molecular formula is C14H10F3NOS. The van der Waals surface area contributed by atoms with Gasteiger partial charge < -0.3 is 5.32 Å². The predicted molar refractivity (Wildman–Crippen MR) is 71.7 cm³/mol. The standard InChI is InChI=1S/C14H10F3NOS/c15-14(16,17)10-2-1-3-13(8-10)20-12-6-4-11(5-7-12)18-9-19/h1-9H,(H,18,19). The third-order valence-corrected chi connectivity index (χ3v) is 3.47. The van der Waals surface area contributed by atoms with Gasteiger partial charge in [-0.05, 0) is 42.5 Å². The van der Waals surface area contributed by atoms with E-state index in [9.17, 15) is 18.0 Å². The summed E-state index contributed by atoms with van der Waals surface area (Å²) in [6, 6.07) is 12.0. The molecule has 0 saturated heterocycles. The molecule has 0 atom stereocenters. The second kappa shape index (κ2) is 6.00. The lowest BCUT2D eigenvalue weighted by atomic mass is 10.2. The summed E-state index contributed by atoms with van der Waals surface area (Å²) in [5.41, 5.74) is -0.0323. The zero-order chi connectivity index (χ0) is 14.6. The van der Waals surface area contributed by atoms with Gasteiger partial charge in [-0.25, -0.2) is 0 Å². The number of amides is 1. The van der Waals surface area contributed by atoms with Crippen molar-refractivity contribution in [1.29, 1.82) is 0 Å². The van der Waals surface area contributed by atoms with Gasteiger partial charge in [-0.2, -0.15) is 13.2 Å². The Morgan fingerprint density at radius 1 is 1.00 bits per heavy atom. The van der Waals surface area contributed by atoms with Crippen LogP contribution in [0.25, 0.3) is 0 Å². The van der Waals surface area contributed by atoms with E-state index >= 15 is 0 Å². The Hall–Kier alpha value is -1.95. The van der Waals surface area contributed by atoms with Crippen LogP contribution >= 0.6 is 11.8 Å². The number of benzene rings is 2. The van der Waals surface area contributed by atoms with Crippen LogP contribution in [0.4, 0.5) is 18.9 Å². The topological polar surface area (TPSA) is 29.1 Å². The summed E-state index contributed by atoms with van der Waals surface area (Å²) in [4.78, 5) is 11.6. The summed E-state index contributed by atoms with van der Waals surface area (Å²) < 4.78 is 37.8. The number of rotatable bonds is 4. The fraction of sp³-hybridized carbons (Fsp3) is 0.0714. The molecule has 2 nitrogen and oxygen atoms in total. The number of nitrogens with one attached hydrogen (secondary N) is 1. The van der Waals surface area contributed by atoms with Crippen molar-refractivity contribution in [2.45, 2.75) is 16.0 Å². The molecule has 2 rings (SSSR count). The number of hydrogen-bond donors (Lipinski definition) is 1. The van der Waals surface area contributed by atoms with Gasteiger partial charge in [-0.3, -0.25) is 4.79 Å². The van der Waals surface area contributed by atoms with Gasteiger partial charge >= 0.3 is 6.18 Å². The van der Waals surface area contributed by atoms with Crippen LogP contribution in [0.2, 0.25) is 0 Å². The minimum atomic E-state index is -4.34. The van der Waals surface area contributed by atoms with Crippen molar-refractivity contribution in [1.82, 2.24) is 0 Å². The zero-order valence-corrected chi connectivity index (χ0v) is 11.0. The van der Waals surface area contributed by atoms with Crippen molar-refractivity contribution in [2.75, 3.05) is 5.32 Å². The first-order valence-electron chi connectivity index (χ1n) is 5.64. The summed E-state index contributed by atoms with van der Waals surface area (Å²) in [5.74, 6) is 0. The molecule has 0 radical (unpaired) electrons. The average Bonchev–Trinajstić information content (AvgIpc) is 2.41. The van der Waals surface area contributed by atoms with Crippen LogP contribution in [0.5, 0.6) is 0 Å². The molecule has 1 N–H and O–H groups in total. The molecule has 0 unspecified atom stereocenters. The molecule has 0 saturated carbocycles. The van der Waals surface area contributed by atoms with Crippen LogP contribution < -0.4 is 5.32 Å². The van der Waals surface area contributed by atoms with E-state index in [1.54, 1.807) is 30.3 Å². The van der Waals surface area contributed by atoms with E-state index in [2.05, 4.69) is 5.32 Å². The molecule has 0 aliphatic rings. The molecule has 0 fully saturated rings. The number of alkyl halides is 3. The minimum Gasteiger partial charge on any atom is -0.329 e.